The second kappa shape index (κ2) is 11.0. The zero-order chi connectivity index (χ0) is 33.0. The Hall–Kier alpha value is -5.15. The number of nitrogens with one attached hydrogen (secondary N) is 2. The first kappa shape index (κ1) is 30.9. The van der Waals surface area contributed by atoms with E-state index in [1.165, 1.54) is 48.8 Å². The van der Waals surface area contributed by atoms with Crippen molar-refractivity contribution >= 4 is 59.7 Å². The number of fused-ring (bicyclic) bond motifs is 2. The van der Waals surface area contributed by atoms with Gasteiger partial charge in [0.25, 0.3) is 0 Å². The Labute approximate surface area is 264 Å². The fourth-order valence-corrected chi connectivity index (χ4v) is 7.53. The molecule has 2 aromatic carbocycles. The van der Waals surface area contributed by atoms with Crippen LogP contribution in [0.5, 0.6) is 0 Å². The Kier molecular flexibility index (Phi) is 7.40. The van der Waals surface area contributed by atoms with Gasteiger partial charge in [-0.3, -0.25) is 0 Å². The third-order valence-corrected chi connectivity index (χ3v) is 10.1. The number of nitrogens with zero attached hydrogens (tertiary/aromatic N) is 5. The number of anilines is 2. The van der Waals surface area contributed by atoms with E-state index in [4.69, 9.17) is 4.74 Å². The van der Waals surface area contributed by atoms with Gasteiger partial charge in [-0.15, -0.1) is 0 Å². The van der Waals surface area contributed by atoms with Gasteiger partial charge in [-0.1, -0.05) is 24.3 Å². The highest BCUT2D eigenvalue weighted by atomic mass is 32.2. The maximum atomic E-state index is 14.3. The molecular formula is C31H29N7O6S2. The van der Waals surface area contributed by atoms with Crippen LogP contribution in [-0.4, -0.2) is 58.4 Å². The Bertz CT molecular complexity index is 2220. The number of carbonyl (C=O) groups is 1. The Morgan fingerprint density at radius 2 is 1.13 bits per heavy atom. The summed E-state index contributed by atoms with van der Waals surface area (Å²) in [5.74, 6) is -1.04. The first-order valence-electron chi connectivity index (χ1n) is 14.0. The van der Waals surface area contributed by atoms with Gasteiger partial charge in [-0.25, -0.2) is 46.5 Å². The molecule has 4 aromatic heterocycles. The van der Waals surface area contributed by atoms with Crippen molar-refractivity contribution in [2.75, 3.05) is 4.90 Å². The summed E-state index contributed by atoms with van der Waals surface area (Å²) in [5.41, 5.74) is 0.873. The van der Waals surface area contributed by atoms with Crippen LogP contribution in [0.15, 0.2) is 92.9 Å². The monoisotopic (exact) mass is 659 g/mol. The number of H-pyrrole nitrogens is 2. The molecule has 0 aliphatic carbocycles. The van der Waals surface area contributed by atoms with Gasteiger partial charge in [0, 0.05) is 12.4 Å². The molecule has 0 fully saturated rings. The number of carbonyl (C=O) groups excluding carboxylic acids is 1. The molecule has 0 saturated carbocycles. The van der Waals surface area contributed by atoms with Crippen LogP contribution in [0.4, 0.5) is 16.4 Å². The summed E-state index contributed by atoms with van der Waals surface area (Å²) in [6, 6.07) is 15.4. The average molecular weight is 660 g/mol. The summed E-state index contributed by atoms with van der Waals surface area (Å²) in [6.07, 6.45) is 1.87. The maximum absolute atomic E-state index is 14.3. The van der Waals surface area contributed by atoms with Crippen molar-refractivity contribution in [1.29, 1.82) is 0 Å². The number of benzene rings is 2. The summed E-state index contributed by atoms with van der Waals surface area (Å²) >= 11 is 0. The minimum atomic E-state index is -4.48. The third-order valence-electron chi connectivity index (χ3n) is 6.78. The molecule has 0 unspecified atom stereocenters. The van der Waals surface area contributed by atoms with Gasteiger partial charge < -0.3 is 14.7 Å². The summed E-state index contributed by atoms with van der Waals surface area (Å²) < 4.78 is 62.8. The number of rotatable bonds is 6. The molecule has 6 aromatic rings. The van der Waals surface area contributed by atoms with Crippen molar-refractivity contribution < 1.29 is 26.4 Å². The normalized spacial score (nSPS) is 12.5. The SMILES string of the molecule is Cc1cccc(S(=O)(=O)c2nc3[nH]ccc3nc2N(C(=O)OC(C)(C)C)c2nc3cc[nH]c3nc2S(=O)(=O)c2cccc(C)c2)c1. The molecule has 2 N–H and O–H groups in total. The number of hydrogen-bond acceptors (Lipinski definition) is 10. The number of ether oxygens (including phenoxy) is 1. The summed E-state index contributed by atoms with van der Waals surface area (Å²) in [5, 5.41) is -1.26. The Morgan fingerprint density at radius 3 is 1.52 bits per heavy atom. The molecule has 13 nitrogen and oxygen atoms in total. The molecule has 0 radical (unpaired) electrons. The quantitative estimate of drug-likeness (QED) is 0.229. The van der Waals surface area contributed by atoms with Gasteiger partial charge in [0.05, 0.1) is 9.79 Å². The molecular weight excluding hydrogens is 631 g/mol. The Morgan fingerprint density at radius 1 is 0.696 bits per heavy atom. The number of aryl methyl sites for hydroxylation is 2. The molecule has 236 valence electrons. The minimum Gasteiger partial charge on any atom is -0.443 e. The van der Waals surface area contributed by atoms with Crippen molar-refractivity contribution in [3.63, 3.8) is 0 Å². The van der Waals surface area contributed by atoms with E-state index in [9.17, 15) is 21.6 Å². The molecule has 0 saturated heterocycles. The van der Waals surface area contributed by atoms with E-state index in [0.717, 1.165) is 4.90 Å². The molecule has 0 aliphatic rings. The van der Waals surface area contributed by atoms with Crippen LogP contribution < -0.4 is 4.90 Å². The van der Waals surface area contributed by atoms with E-state index in [-0.39, 0.29) is 32.1 Å². The van der Waals surface area contributed by atoms with Crippen LogP contribution in [0, 0.1) is 13.8 Å². The van der Waals surface area contributed by atoms with Gasteiger partial charge in [0.1, 0.15) is 16.6 Å². The predicted molar refractivity (Wildman–Crippen MR) is 169 cm³/mol. The van der Waals surface area contributed by atoms with Crippen LogP contribution >= 0.6 is 0 Å². The highest BCUT2D eigenvalue weighted by molar-refractivity contribution is 7.92. The lowest BCUT2D eigenvalue weighted by atomic mass is 10.2. The van der Waals surface area contributed by atoms with E-state index in [2.05, 4.69) is 29.9 Å². The van der Waals surface area contributed by atoms with Crippen molar-refractivity contribution in [3.8, 4) is 0 Å². The standard InChI is InChI=1S/C31H29N7O6S2/c1-18-8-6-10-20(16-18)45(40,41)28-26(34-22-12-14-32-24(22)36-28)38(30(39)44-31(3,4)5)27-29(37-25-23(35-27)13-15-33-25)46(42,43)21-11-7-9-19(2)17-21/h6-17H,1-5H3,(H,32,36)(H,33,37). The van der Waals surface area contributed by atoms with Crippen LogP contribution in [0.25, 0.3) is 22.3 Å². The van der Waals surface area contributed by atoms with E-state index >= 15 is 0 Å². The van der Waals surface area contributed by atoms with E-state index in [0.29, 0.717) is 11.1 Å². The molecule has 15 heteroatoms. The molecule has 1 amide bonds. The number of aromatic amines is 2. The number of aromatic nitrogens is 6. The summed E-state index contributed by atoms with van der Waals surface area (Å²) in [6.45, 7) is 8.30. The van der Waals surface area contributed by atoms with E-state index in [1.54, 1.807) is 58.9 Å². The molecule has 46 heavy (non-hydrogen) atoms. The highest BCUT2D eigenvalue weighted by Crippen LogP contribution is 2.38. The molecule has 0 bridgehead atoms. The zero-order valence-corrected chi connectivity index (χ0v) is 27.1. The van der Waals surface area contributed by atoms with Crippen molar-refractivity contribution in [1.82, 2.24) is 29.9 Å². The predicted octanol–water partition coefficient (Wildman–Crippen LogP) is 5.58. The number of amides is 1. The summed E-state index contributed by atoms with van der Waals surface area (Å²) in [7, 11) is -8.95. The second-order valence-corrected chi connectivity index (χ2v) is 15.3. The molecule has 0 spiro atoms. The topological polar surface area (TPSA) is 181 Å². The van der Waals surface area contributed by atoms with Gasteiger partial charge in [0.15, 0.2) is 22.9 Å². The Balaban J connectivity index is 1.72. The lowest BCUT2D eigenvalue weighted by molar-refractivity contribution is 0.0595. The zero-order valence-electron chi connectivity index (χ0n) is 25.4. The minimum absolute atomic E-state index is 0.113. The van der Waals surface area contributed by atoms with Crippen LogP contribution in [-0.2, 0) is 24.4 Å². The van der Waals surface area contributed by atoms with Crippen molar-refractivity contribution in [3.05, 3.63) is 84.2 Å². The van der Waals surface area contributed by atoms with Gasteiger partial charge in [0.2, 0.25) is 29.7 Å². The third kappa shape index (κ3) is 5.58. The van der Waals surface area contributed by atoms with Crippen LogP contribution in [0.3, 0.4) is 0 Å². The van der Waals surface area contributed by atoms with Crippen LogP contribution in [0.2, 0.25) is 0 Å². The van der Waals surface area contributed by atoms with Crippen molar-refractivity contribution in [2.45, 2.75) is 60.1 Å². The van der Waals surface area contributed by atoms with Gasteiger partial charge >= 0.3 is 6.09 Å². The lowest BCUT2D eigenvalue weighted by Gasteiger charge is -2.27. The van der Waals surface area contributed by atoms with Crippen molar-refractivity contribution in [2.24, 2.45) is 0 Å². The van der Waals surface area contributed by atoms with E-state index in [1.807, 2.05) is 0 Å². The largest absolute Gasteiger partial charge is 0.443 e. The molecule has 4 heterocycles. The smallest absolute Gasteiger partial charge is 0.422 e. The number of hydrogen-bond donors (Lipinski definition) is 2. The van der Waals surface area contributed by atoms with Gasteiger partial charge in [-0.05, 0) is 82.1 Å². The number of sulfone groups is 2. The van der Waals surface area contributed by atoms with Gasteiger partial charge in [-0.2, -0.15) is 0 Å². The fourth-order valence-electron chi connectivity index (χ4n) is 4.71. The first-order chi connectivity index (χ1) is 21.6. The molecule has 0 aliphatic heterocycles. The highest BCUT2D eigenvalue weighted by Gasteiger charge is 2.39. The average Bonchev–Trinajstić information content (AvgIpc) is 3.64. The maximum Gasteiger partial charge on any atom is 0.422 e. The molecule has 6 rings (SSSR count). The van der Waals surface area contributed by atoms with E-state index < -0.39 is 53.1 Å². The fraction of sp³-hybridized carbons (Fsp3) is 0.194. The molecule has 0 atom stereocenters. The lowest BCUT2D eigenvalue weighted by Crippen LogP contribution is -2.36. The van der Waals surface area contributed by atoms with Crippen LogP contribution in [0.1, 0.15) is 31.9 Å². The summed E-state index contributed by atoms with van der Waals surface area (Å²) in [4.78, 5) is 38.3. The first-order valence-corrected chi connectivity index (χ1v) is 17.0. The second-order valence-electron chi connectivity index (χ2n) is 11.6.